The van der Waals surface area contributed by atoms with Crippen LogP contribution in [0.25, 0.3) is 5.69 Å². The van der Waals surface area contributed by atoms with Crippen molar-refractivity contribution in [2.75, 3.05) is 25.5 Å². The number of hydrogen-bond acceptors (Lipinski definition) is 3. The van der Waals surface area contributed by atoms with E-state index < -0.39 is 0 Å². The number of nitrogens with zero attached hydrogens (tertiary/aromatic N) is 3. The standard InChI is InChI=1S/C23H26N6O.HI/c1-24-23(26-15-18-13-22(30)28-21-10-6-5-9-20(18)21)25-12-11-17-14-27-29(16-17)19-7-3-2-4-8-19;/h2-10,14,16,18H,11-13,15H2,1H3,(H,28,30)(H2,24,25,26);1H. The number of fused-ring (bicyclic) bond motifs is 1. The average Bonchev–Trinajstić information content (AvgIpc) is 3.25. The molecule has 7 nitrogen and oxygen atoms in total. The number of para-hydroxylation sites is 2. The van der Waals surface area contributed by atoms with Crippen LogP contribution >= 0.6 is 24.0 Å². The molecule has 0 spiro atoms. The minimum atomic E-state index is 0. The maximum absolute atomic E-state index is 12.0. The van der Waals surface area contributed by atoms with Crippen LogP contribution in [-0.2, 0) is 11.2 Å². The highest BCUT2D eigenvalue weighted by molar-refractivity contribution is 14.0. The molecule has 0 radical (unpaired) electrons. The Morgan fingerprint density at radius 2 is 1.94 bits per heavy atom. The zero-order valence-electron chi connectivity index (χ0n) is 17.4. The van der Waals surface area contributed by atoms with Gasteiger partial charge in [-0.05, 0) is 35.7 Å². The summed E-state index contributed by atoms with van der Waals surface area (Å²) < 4.78 is 1.88. The van der Waals surface area contributed by atoms with E-state index in [1.165, 1.54) is 0 Å². The number of hydrogen-bond donors (Lipinski definition) is 3. The summed E-state index contributed by atoms with van der Waals surface area (Å²) in [7, 11) is 1.75. The molecule has 8 heteroatoms. The van der Waals surface area contributed by atoms with Gasteiger partial charge in [-0.3, -0.25) is 9.79 Å². The molecule has 3 aromatic rings. The van der Waals surface area contributed by atoms with Gasteiger partial charge in [0.1, 0.15) is 0 Å². The van der Waals surface area contributed by atoms with Gasteiger partial charge >= 0.3 is 0 Å². The van der Waals surface area contributed by atoms with Gasteiger partial charge in [-0.15, -0.1) is 24.0 Å². The number of amides is 1. The number of carbonyl (C=O) groups is 1. The summed E-state index contributed by atoms with van der Waals surface area (Å²) in [5.74, 6) is 0.908. The Morgan fingerprint density at radius 1 is 1.16 bits per heavy atom. The van der Waals surface area contributed by atoms with Crippen molar-refractivity contribution in [1.82, 2.24) is 20.4 Å². The molecule has 1 atom stereocenters. The highest BCUT2D eigenvalue weighted by Crippen LogP contribution is 2.31. The molecule has 31 heavy (non-hydrogen) atoms. The first-order valence-electron chi connectivity index (χ1n) is 10.1. The Morgan fingerprint density at radius 3 is 2.74 bits per heavy atom. The summed E-state index contributed by atoms with van der Waals surface area (Å²) in [6.07, 6.45) is 5.25. The van der Waals surface area contributed by atoms with Crippen LogP contribution in [0.1, 0.15) is 23.5 Å². The Hall–Kier alpha value is -2.88. The molecule has 0 saturated heterocycles. The Bertz CT molecular complexity index is 1030. The molecule has 162 valence electrons. The summed E-state index contributed by atoms with van der Waals surface area (Å²) in [5, 5.41) is 14.1. The van der Waals surface area contributed by atoms with E-state index in [1.54, 1.807) is 7.05 Å². The second kappa shape index (κ2) is 10.9. The number of carbonyl (C=O) groups excluding carboxylic acids is 1. The molecule has 0 bridgehead atoms. The minimum absolute atomic E-state index is 0. The zero-order valence-corrected chi connectivity index (χ0v) is 19.7. The van der Waals surface area contributed by atoms with Gasteiger partial charge in [0.25, 0.3) is 0 Å². The van der Waals surface area contributed by atoms with E-state index in [0.29, 0.717) is 13.0 Å². The fourth-order valence-corrected chi connectivity index (χ4v) is 3.66. The number of aromatic nitrogens is 2. The van der Waals surface area contributed by atoms with Crippen molar-refractivity contribution < 1.29 is 4.79 Å². The smallest absolute Gasteiger partial charge is 0.225 e. The Balaban J connectivity index is 0.00000272. The lowest BCUT2D eigenvalue weighted by Gasteiger charge is -2.26. The van der Waals surface area contributed by atoms with Gasteiger partial charge < -0.3 is 16.0 Å². The molecule has 0 aliphatic carbocycles. The monoisotopic (exact) mass is 530 g/mol. The summed E-state index contributed by atoms with van der Waals surface area (Å²) >= 11 is 0. The zero-order chi connectivity index (χ0) is 20.8. The molecule has 0 saturated carbocycles. The van der Waals surface area contributed by atoms with Crippen molar-refractivity contribution >= 4 is 41.5 Å². The number of anilines is 1. The molecule has 2 aromatic carbocycles. The van der Waals surface area contributed by atoms with Gasteiger partial charge in [-0.1, -0.05) is 36.4 Å². The molecule has 1 aliphatic heterocycles. The van der Waals surface area contributed by atoms with E-state index in [9.17, 15) is 4.79 Å². The van der Waals surface area contributed by atoms with E-state index in [-0.39, 0.29) is 35.8 Å². The Labute approximate surface area is 199 Å². The highest BCUT2D eigenvalue weighted by Gasteiger charge is 2.24. The van der Waals surface area contributed by atoms with Crippen molar-refractivity contribution in [2.24, 2.45) is 4.99 Å². The molecule has 4 rings (SSSR count). The van der Waals surface area contributed by atoms with E-state index in [1.807, 2.05) is 65.6 Å². The lowest BCUT2D eigenvalue weighted by Crippen LogP contribution is -2.41. The average molecular weight is 530 g/mol. The van der Waals surface area contributed by atoms with Crippen molar-refractivity contribution in [3.8, 4) is 5.69 Å². The van der Waals surface area contributed by atoms with Gasteiger partial charge in [-0.25, -0.2) is 4.68 Å². The van der Waals surface area contributed by atoms with E-state index in [0.717, 1.165) is 41.4 Å². The van der Waals surface area contributed by atoms with Crippen LogP contribution in [0.3, 0.4) is 0 Å². The van der Waals surface area contributed by atoms with Crippen LogP contribution in [0.5, 0.6) is 0 Å². The first-order valence-corrected chi connectivity index (χ1v) is 10.1. The SMILES string of the molecule is CN=C(NCCc1cnn(-c2ccccc2)c1)NCC1CC(=O)Nc2ccccc21.I. The van der Waals surface area contributed by atoms with Crippen molar-refractivity contribution in [3.63, 3.8) is 0 Å². The van der Waals surface area contributed by atoms with Crippen LogP contribution < -0.4 is 16.0 Å². The number of guanidine groups is 1. The van der Waals surface area contributed by atoms with Gasteiger partial charge in [0.15, 0.2) is 5.96 Å². The predicted molar refractivity (Wildman–Crippen MR) is 134 cm³/mol. The van der Waals surface area contributed by atoms with Gasteiger partial charge in [0.05, 0.1) is 11.9 Å². The van der Waals surface area contributed by atoms with E-state index >= 15 is 0 Å². The minimum Gasteiger partial charge on any atom is -0.356 e. The maximum atomic E-state index is 12.0. The summed E-state index contributed by atoms with van der Waals surface area (Å²) in [6, 6.07) is 18.0. The molecule has 2 heterocycles. The number of rotatable bonds is 6. The fourth-order valence-electron chi connectivity index (χ4n) is 3.66. The molecule has 3 N–H and O–H groups in total. The molecule has 1 amide bonds. The lowest BCUT2D eigenvalue weighted by molar-refractivity contribution is -0.116. The third-order valence-corrected chi connectivity index (χ3v) is 5.21. The summed E-state index contributed by atoms with van der Waals surface area (Å²) in [6.45, 7) is 1.39. The van der Waals surface area contributed by atoms with Gasteiger partial charge in [0, 0.05) is 44.4 Å². The van der Waals surface area contributed by atoms with Gasteiger partial charge in [-0.2, -0.15) is 5.10 Å². The maximum Gasteiger partial charge on any atom is 0.225 e. The lowest BCUT2D eigenvalue weighted by atomic mass is 9.90. The fraction of sp³-hybridized carbons (Fsp3) is 0.261. The number of nitrogens with one attached hydrogen (secondary N) is 3. The van der Waals surface area contributed by atoms with Crippen LogP contribution in [0, 0.1) is 0 Å². The third kappa shape index (κ3) is 5.84. The number of halogens is 1. The highest BCUT2D eigenvalue weighted by atomic mass is 127. The van der Waals surface area contributed by atoms with Gasteiger partial charge in [0.2, 0.25) is 5.91 Å². The molecule has 1 unspecified atom stereocenters. The third-order valence-electron chi connectivity index (χ3n) is 5.21. The molecule has 1 aromatic heterocycles. The first kappa shape index (κ1) is 22.8. The van der Waals surface area contributed by atoms with Crippen molar-refractivity contribution in [3.05, 3.63) is 78.1 Å². The normalized spacial score (nSPS) is 15.5. The largest absolute Gasteiger partial charge is 0.356 e. The first-order chi connectivity index (χ1) is 14.7. The molecular weight excluding hydrogens is 503 g/mol. The van der Waals surface area contributed by atoms with Crippen LogP contribution in [-0.4, -0.2) is 41.8 Å². The Kier molecular flexibility index (Phi) is 8.05. The van der Waals surface area contributed by atoms with Crippen molar-refractivity contribution in [1.29, 1.82) is 0 Å². The van der Waals surface area contributed by atoms with Crippen LogP contribution in [0.4, 0.5) is 5.69 Å². The number of aliphatic imine (C=N–C) groups is 1. The molecular formula is C23H27IN6O. The van der Waals surface area contributed by atoms with Crippen LogP contribution in [0.15, 0.2) is 72.0 Å². The second-order valence-electron chi connectivity index (χ2n) is 7.30. The summed E-state index contributed by atoms with van der Waals surface area (Å²) in [5.41, 5.74) is 4.26. The number of benzene rings is 2. The predicted octanol–water partition coefficient (Wildman–Crippen LogP) is 3.32. The molecule has 1 aliphatic rings. The topological polar surface area (TPSA) is 83.3 Å². The van der Waals surface area contributed by atoms with E-state index in [2.05, 4.69) is 32.1 Å². The summed E-state index contributed by atoms with van der Waals surface area (Å²) in [4.78, 5) is 16.3. The second-order valence-corrected chi connectivity index (χ2v) is 7.30. The van der Waals surface area contributed by atoms with E-state index in [4.69, 9.17) is 0 Å². The van der Waals surface area contributed by atoms with Crippen LogP contribution in [0.2, 0.25) is 0 Å². The van der Waals surface area contributed by atoms with Crippen molar-refractivity contribution in [2.45, 2.75) is 18.8 Å². The quantitative estimate of drug-likeness (QED) is 0.260. The molecule has 0 fully saturated rings.